The topological polar surface area (TPSA) is 139 Å². The van der Waals surface area contributed by atoms with Gasteiger partial charge in [-0.25, -0.2) is 5.48 Å². The molecule has 54 heavy (non-hydrogen) atoms. The van der Waals surface area contributed by atoms with Gasteiger partial charge in [0.15, 0.2) is 17.8 Å². The summed E-state index contributed by atoms with van der Waals surface area (Å²) in [5.41, 5.74) is 10.1. The highest BCUT2D eigenvalue weighted by atomic mass is 16.7. The van der Waals surface area contributed by atoms with Crippen molar-refractivity contribution in [3.8, 4) is 22.6 Å². The van der Waals surface area contributed by atoms with E-state index in [0.717, 1.165) is 77.4 Å². The zero-order valence-corrected chi connectivity index (χ0v) is 31.1. The van der Waals surface area contributed by atoms with Gasteiger partial charge in [-0.15, -0.1) is 0 Å². The van der Waals surface area contributed by atoms with Crippen LogP contribution in [0.2, 0.25) is 0 Å². The van der Waals surface area contributed by atoms with Crippen molar-refractivity contribution in [2.45, 2.75) is 83.1 Å². The largest absolute Gasteiger partial charge is 0.493 e. The Morgan fingerprint density at radius 2 is 1.50 bits per heavy atom. The van der Waals surface area contributed by atoms with Gasteiger partial charge in [-0.2, -0.15) is 0 Å². The van der Waals surface area contributed by atoms with E-state index in [-0.39, 0.29) is 31.1 Å². The molecule has 0 radical (unpaired) electrons. The van der Waals surface area contributed by atoms with E-state index in [1.54, 1.807) is 19.7 Å². The van der Waals surface area contributed by atoms with E-state index in [2.05, 4.69) is 58.7 Å². The Kier molecular flexibility index (Phi) is 13.7. The molecule has 11 nitrogen and oxygen atoms in total. The SMILES string of the molecule is COc1cc2c(cc1OC)CN(C[C@@H]1C[C@H](c3ccc(CO)cc3)O[C@H](c3ccc(-c4cccc(CNC(=O)CCCCCC(=O)NO)c4)cc3)O1)CC2. The van der Waals surface area contributed by atoms with Gasteiger partial charge in [0.1, 0.15) is 0 Å². The quantitative estimate of drug-likeness (QED) is 0.0574. The fourth-order valence-electron chi connectivity index (χ4n) is 7.20. The maximum Gasteiger partial charge on any atom is 0.243 e. The number of aliphatic hydroxyl groups excluding tert-OH is 1. The van der Waals surface area contributed by atoms with Gasteiger partial charge in [0, 0.05) is 51.0 Å². The van der Waals surface area contributed by atoms with Crippen LogP contribution in [0.3, 0.4) is 0 Å². The third-order valence-electron chi connectivity index (χ3n) is 10.2. The van der Waals surface area contributed by atoms with Crippen LogP contribution in [0.25, 0.3) is 11.1 Å². The number of hydrogen-bond donors (Lipinski definition) is 4. The monoisotopic (exact) mass is 737 g/mol. The fourth-order valence-corrected chi connectivity index (χ4v) is 7.20. The molecule has 0 bridgehead atoms. The van der Waals surface area contributed by atoms with Crippen molar-refractivity contribution in [2.75, 3.05) is 27.3 Å². The maximum atomic E-state index is 12.4. The lowest BCUT2D eigenvalue weighted by Crippen LogP contribution is -2.41. The normalized spacial score (nSPS) is 18.4. The van der Waals surface area contributed by atoms with Gasteiger partial charge < -0.3 is 29.4 Å². The second kappa shape index (κ2) is 19.0. The van der Waals surface area contributed by atoms with Crippen molar-refractivity contribution in [3.05, 3.63) is 118 Å². The molecular weight excluding hydrogens is 686 g/mol. The molecule has 1 fully saturated rings. The average molecular weight is 738 g/mol. The van der Waals surface area contributed by atoms with E-state index in [0.29, 0.717) is 32.2 Å². The highest BCUT2D eigenvalue weighted by Gasteiger charge is 2.34. The molecule has 2 heterocycles. The van der Waals surface area contributed by atoms with E-state index in [1.807, 2.05) is 36.4 Å². The van der Waals surface area contributed by atoms with Crippen molar-refractivity contribution in [3.63, 3.8) is 0 Å². The Balaban J connectivity index is 1.10. The van der Waals surface area contributed by atoms with E-state index >= 15 is 0 Å². The number of hydroxylamine groups is 1. The number of amides is 2. The van der Waals surface area contributed by atoms with Crippen LogP contribution < -0.4 is 20.3 Å². The summed E-state index contributed by atoms with van der Waals surface area (Å²) in [6, 6.07) is 28.5. The number of carbonyl (C=O) groups is 2. The molecule has 1 saturated heterocycles. The lowest BCUT2D eigenvalue weighted by Gasteiger charge is -2.39. The number of benzene rings is 4. The molecule has 0 aliphatic carbocycles. The number of rotatable bonds is 16. The number of hydrogen-bond acceptors (Lipinski definition) is 9. The highest BCUT2D eigenvalue weighted by molar-refractivity contribution is 5.76. The molecular formula is C43H51N3O8. The summed E-state index contributed by atoms with van der Waals surface area (Å²) in [7, 11) is 3.33. The Hall–Kier alpha value is -4.78. The molecule has 11 heteroatoms. The van der Waals surface area contributed by atoms with Crippen molar-refractivity contribution >= 4 is 11.8 Å². The van der Waals surface area contributed by atoms with E-state index < -0.39 is 12.2 Å². The molecule has 2 aliphatic heterocycles. The van der Waals surface area contributed by atoms with Gasteiger partial charge >= 0.3 is 0 Å². The number of nitrogens with zero attached hydrogens (tertiary/aromatic N) is 1. The van der Waals surface area contributed by atoms with E-state index in [4.69, 9.17) is 24.2 Å². The maximum absolute atomic E-state index is 12.4. The van der Waals surface area contributed by atoms with Crippen LogP contribution in [0.1, 0.15) is 84.3 Å². The van der Waals surface area contributed by atoms with Gasteiger partial charge in [0.2, 0.25) is 11.8 Å². The molecule has 0 spiro atoms. The first-order chi connectivity index (χ1) is 26.3. The molecule has 0 saturated carbocycles. The lowest BCUT2D eigenvalue weighted by atomic mass is 9.96. The van der Waals surface area contributed by atoms with E-state index in [1.165, 1.54) is 11.1 Å². The number of fused-ring (bicyclic) bond motifs is 1. The minimum absolute atomic E-state index is 0.00628. The van der Waals surface area contributed by atoms with Crippen LogP contribution in [0, 0.1) is 0 Å². The molecule has 2 amide bonds. The number of ether oxygens (including phenoxy) is 4. The molecule has 6 rings (SSSR count). The van der Waals surface area contributed by atoms with E-state index in [9.17, 15) is 14.7 Å². The molecule has 3 atom stereocenters. The van der Waals surface area contributed by atoms with Crippen LogP contribution >= 0.6 is 0 Å². The Morgan fingerprint density at radius 3 is 2.20 bits per heavy atom. The highest BCUT2D eigenvalue weighted by Crippen LogP contribution is 2.40. The second-order valence-corrected chi connectivity index (χ2v) is 14.0. The number of aliphatic hydroxyl groups is 1. The average Bonchev–Trinajstić information content (AvgIpc) is 3.22. The fraction of sp³-hybridized carbons (Fsp3) is 0.395. The first kappa shape index (κ1) is 38.9. The summed E-state index contributed by atoms with van der Waals surface area (Å²) in [6.07, 6.45) is 3.48. The number of unbranched alkanes of at least 4 members (excludes halogenated alkanes) is 2. The standard InChI is InChI=1S/C43H51N3O8/c1-51-39-22-35-19-20-46(26-36(35)23-40(39)52-2)27-37-24-38(32-13-11-29(28-47)12-14-32)54-43(53-37)33-17-15-31(16-18-33)34-8-6-7-30(21-34)25-44-41(48)9-4-3-5-10-42(49)45-50/h6-8,11-18,21-23,37-38,43,47,50H,3-5,9-10,19-20,24-28H2,1-2H3,(H,44,48)(H,45,49)/t37-,38+,43+/m0/s1. The van der Waals surface area contributed by atoms with Gasteiger partial charge in [-0.05, 0) is 76.4 Å². The van der Waals surface area contributed by atoms with Crippen LogP contribution in [0.4, 0.5) is 0 Å². The first-order valence-electron chi connectivity index (χ1n) is 18.7. The minimum atomic E-state index is -0.560. The third-order valence-corrected chi connectivity index (χ3v) is 10.2. The zero-order chi connectivity index (χ0) is 37.9. The summed E-state index contributed by atoms with van der Waals surface area (Å²) in [5, 5.41) is 21.2. The van der Waals surface area contributed by atoms with Crippen LogP contribution in [0.5, 0.6) is 11.5 Å². The van der Waals surface area contributed by atoms with Crippen molar-refractivity contribution in [2.24, 2.45) is 0 Å². The van der Waals surface area contributed by atoms with Gasteiger partial charge in [0.05, 0.1) is 33.0 Å². The van der Waals surface area contributed by atoms with Crippen LogP contribution in [-0.4, -0.2) is 60.4 Å². The first-order valence-corrected chi connectivity index (χ1v) is 18.7. The van der Waals surface area contributed by atoms with Crippen molar-refractivity contribution in [1.82, 2.24) is 15.7 Å². The molecule has 0 unspecified atom stereocenters. The summed E-state index contributed by atoms with van der Waals surface area (Å²) in [6.45, 7) is 2.88. The summed E-state index contributed by atoms with van der Waals surface area (Å²) >= 11 is 0. The van der Waals surface area contributed by atoms with Gasteiger partial charge in [-0.3, -0.25) is 19.7 Å². The second-order valence-electron chi connectivity index (χ2n) is 14.0. The minimum Gasteiger partial charge on any atom is -0.493 e. The smallest absolute Gasteiger partial charge is 0.243 e. The van der Waals surface area contributed by atoms with Gasteiger partial charge in [-0.1, -0.05) is 73.2 Å². The number of carbonyl (C=O) groups excluding carboxylic acids is 2. The molecule has 4 N–H and O–H groups in total. The summed E-state index contributed by atoms with van der Waals surface area (Å²) in [4.78, 5) is 26.0. The lowest BCUT2D eigenvalue weighted by molar-refractivity contribution is -0.253. The Labute approximate surface area is 317 Å². The molecule has 2 aliphatic rings. The predicted octanol–water partition coefficient (Wildman–Crippen LogP) is 6.54. The number of methoxy groups -OCH3 is 2. The van der Waals surface area contributed by atoms with Crippen molar-refractivity contribution in [1.29, 1.82) is 0 Å². The Morgan fingerprint density at radius 1 is 0.796 bits per heavy atom. The molecule has 0 aromatic heterocycles. The molecule has 4 aromatic carbocycles. The molecule has 4 aromatic rings. The van der Waals surface area contributed by atoms with Crippen LogP contribution in [-0.2, 0) is 45.2 Å². The summed E-state index contributed by atoms with van der Waals surface area (Å²) < 4.78 is 24.5. The van der Waals surface area contributed by atoms with Gasteiger partial charge in [0.25, 0.3) is 0 Å². The summed E-state index contributed by atoms with van der Waals surface area (Å²) in [5.74, 6) is 1.05. The Bertz CT molecular complexity index is 1850. The third kappa shape index (κ3) is 10.2. The number of nitrogens with one attached hydrogen (secondary N) is 2. The van der Waals surface area contributed by atoms with Crippen molar-refractivity contribution < 1.29 is 38.9 Å². The molecule has 286 valence electrons. The zero-order valence-electron chi connectivity index (χ0n) is 31.1. The predicted molar refractivity (Wildman–Crippen MR) is 204 cm³/mol. The van der Waals surface area contributed by atoms with Crippen LogP contribution in [0.15, 0.2) is 84.9 Å².